The van der Waals surface area contributed by atoms with Crippen LogP contribution in [0.5, 0.6) is 11.5 Å². The lowest BCUT2D eigenvalue weighted by Crippen LogP contribution is -2.23. The van der Waals surface area contributed by atoms with Crippen molar-refractivity contribution in [2.75, 3.05) is 14.2 Å². The van der Waals surface area contributed by atoms with E-state index < -0.39 is 5.97 Å². The third kappa shape index (κ3) is 5.40. The predicted octanol–water partition coefficient (Wildman–Crippen LogP) is 6.36. The summed E-state index contributed by atoms with van der Waals surface area (Å²) in [4.78, 5) is 30.8. The van der Waals surface area contributed by atoms with Crippen LogP contribution in [-0.4, -0.2) is 41.2 Å². The molecule has 8 heteroatoms. The van der Waals surface area contributed by atoms with Gasteiger partial charge < -0.3 is 14.6 Å². The number of aliphatic imine (C=N–C) groups is 1. The number of ether oxygens (including phenoxy) is 2. The van der Waals surface area contributed by atoms with Crippen LogP contribution in [0.3, 0.4) is 0 Å². The Morgan fingerprint density at radius 3 is 2.47 bits per heavy atom. The molecule has 0 unspecified atom stereocenters. The molecule has 0 atom stereocenters. The number of nitrogens with zero attached hydrogens (tertiary/aromatic N) is 2. The number of carboxylic acids is 1. The van der Waals surface area contributed by atoms with E-state index in [0.29, 0.717) is 21.6 Å². The highest BCUT2D eigenvalue weighted by Gasteiger charge is 2.30. The summed E-state index contributed by atoms with van der Waals surface area (Å²) < 4.78 is 11.4. The number of likely N-dealkylation sites (N-methyl/N-ethyl adjacent to an activating group) is 1. The Balaban J connectivity index is 1.32. The summed E-state index contributed by atoms with van der Waals surface area (Å²) in [5, 5.41) is 11.9. The number of carboxylic acid groups (broad SMARTS) is 1. The maximum absolute atomic E-state index is 12.9. The van der Waals surface area contributed by atoms with E-state index in [1.807, 2.05) is 54.6 Å². The Hall–Kier alpha value is -4.56. The number of amidine groups is 1. The second-order valence-electron chi connectivity index (χ2n) is 8.60. The Kier molecular flexibility index (Phi) is 7.15. The summed E-state index contributed by atoms with van der Waals surface area (Å²) in [5.74, 6) is -0.0342. The lowest BCUT2D eigenvalue weighted by Gasteiger charge is -2.12. The Labute approximate surface area is 224 Å². The molecule has 190 valence electrons. The van der Waals surface area contributed by atoms with E-state index in [1.54, 1.807) is 49.4 Å². The second-order valence-corrected chi connectivity index (χ2v) is 9.61. The standard InChI is InChI=1S/C30H24N2O5S/c1-32-28(33)27(38-30(32)31-24-13-12-21-5-3-4-6-23(21)17-24)16-20-9-14-25(26(15-20)36-2)37-18-19-7-10-22(11-8-19)29(34)35/h3-17H,18H2,1-2H3,(H,34,35)/b27-16-,31-30?. The molecule has 5 rings (SSSR count). The number of fused-ring (bicyclic) bond motifs is 1. The molecule has 1 heterocycles. The summed E-state index contributed by atoms with van der Waals surface area (Å²) in [6.45, 7) is 0.254. The lowest BCUT2D eigenvalue weighted by atomic mass is 10.1. The molecule has 1 N–H and O–H groups in total. The number of hydrogen-bond donors (Lipinski definition) is 1. The molecular weight excluding hydrogens is 500 g/mol. The van der Waals surface area contributed by atoms with E-state index in [2.05, 4.69) is 6.07 Å². The van der Waals surface area contributed by atoms with Gasteiger partial charge in [0.25, 0.3) is 5.91 Å². The van der Waals surface area contributed by atoms with Crippen molar-refractivity contribution < 1.29 is 24.2 Å². The van der Waals surface area contributed by atoms with Gasteiger partial charge in [-0.2, -0.15) is 0 Å². The third-order valence-corrected chi connectivity index (χ3v) is 7.10. The molecule has 7 nitrogen and oxygen atoms in total. The van der Waals surface area contributed by atoms with Crippen LogP contribution in [0.15, 0.2) is 94.8 Å². The fourth-order valence-corrected chi connectivity index (χ4v) is 4.94. The summed E-state index contributed by atoms with van der Waals surface area (Å²) >= 11 is 1.32. The number of thioether (sulfide) groups is 1. The number of benzene rings is 4. The lowest BCUT2D eigenvalue weighted by molar-refractivity contribution is -0.121. The number of methoxy groups -OCH3 is 1. The van der Waals surface area contributed by atoms with Crippen molar-refractivity contribution in [3.8, 4) is 11.5 Å². The van der Waals surface area contributed by atoms with Gasteiger partial charge in [-0.3, -0.25) is 9.69 Å². The van der Waals surface area contributed by atoms with Gasteiger partial charge in [-0.1, -0.05) is 48.5 Å². The predicted molar refractivity (Wildman–Crippen MR) is 150 cm³/mol. The molecule has 4 aromatic carbocycles. The third-order valence-electron chi connectivity index (χ3n) is 6.04. The van der Waals surface area contributed by atoms with Gasteiger partial charge >= 0.3 is 5.97 Å². The maximum Gasteiger partial charge on any atom is 0.335 e. The minimum atomic E-state index is -0.971. The van der Waals surface area contributed by atoms with Crippen LogP contribution in [0.1, 0.15) is 21.5 Å². The molecule has 0 saturated carbocycles. The topological polar surface area (TPSA) is 88.4 Å². The molecule has 1 saturated heterocycles. The van der Waals surface area contributed by atoms with Gasteiger partial charge in [-0.05, 0) is 76.1 Å². The van der Waals surface area contributed by atoms with Crippen molar-refractivity contribution in [1.29, 1.82) is 0 Å². The summed E-state index contributed by atoms with van der Waals surface area (Å²) in [6.07, 6.45) is 1.81. The average Bonchev–Trinajstić information content (AvgIpc) is 3.19. The summed E-state index contributed by atoms with van der Waals surface area (Å²) in [7, 11) is 3.27. The second kappa shape index (κ2) is 10.8. The summed E-state index contributed by atoms with van der Waals surface area (Å²) in [5.41, 5.74) is 2.63. The van der Waals surface area contributed by atoms with Crippen LogP contribution >= 0.6 is 11.8 Å². The molecule has 0 aromatic heterocycles. The molecule has 1 aliphatic heterocycles. The quantitative estimate of drug-likeness (QED) is 0.283. The molecular formula is C30H24N2O5S. The SMILES string of the molecule is COc1cc(/C=C2\SC(=Nc3ccc4ccccc4c3)N(C)C2=O)ccc1OCc1ccc(C(=O)O)cc1. The van der Waals surface area contributed by atoms with Crippen LogP contribution < -0.4 is 9.47 Å². The normalized spacial score (nSPS) is 15.4. The molecule has 4 aromatic rings. The van der Waals surface area contributed by atoms with Gasteiger partial charge in [0.2, 0.25) is 0 Å². The molecule has 0 aliphatic carbocycles. The number of carbonyl (C=O) groups is 2. The van der Waals surface area contributed by atoms with Crippen molar-refractivity contribution in [2.45, 2.75) is 6.61 Å². The minimum Gasteiger partial charge on any atom is -0.493 e. The smallest absolute Gasteiger partial charge is 0.335 e. The Morgan fingerprint density at radius 1 is 0.974 bits per heavy atom. The number of rotatable bonds is 7. The molecule has 1 fully saturated rings. The zero-order valence-electron chi connectivity index (χ0n) is 20.8. The highest BCUT2D eigenvalue weighted by Crippen LogP contribution is 2.35. The highest BCUT2D eigenvalue weighted by molar-refractivity contribution is 8.18. The number of carbonyl (C=O) groups excluding carboxylic acids is 1. The fourth-order valence-electron chi connectivity index (χ4n) is 3.96. The largest absolute Gasteiger partial charge is 0.493 e. The molecule has 1 aliphatic rings. The van der Waals surface area contributed by atoms with Gasteiger partial charge in [-0.15, -0.1) is 0 Å². The number of amides is 1. The van der Waals surface area contributed by atoms with Crippen LogP contribution in [-0.2, 0) is 11.4 Å². The van der Waals surface area contributed by atoms with E-state index in [1.165, 1.54) is 11.8 Å². The van der Waals surface area contributed by atoms with Gasteiger partial charge in [0.1, 0.15) is 6.61 Å². The molecule has 0 bridgehead atoms. The number of hydrogen-bond acceptors (Lipinski definition) is 6. The van der Waals surface area contributed by atoms with Gasteiger partial charge in [0.15, 0.2) is 16.7 Å². The maximum atomic E-state index is 12.9. The van der Waals surface area contributed by atoms with Crippen LogP contribution in [0.4, 0.5) is 5.69 Å². The minimum absolute atomic E-state index is 0.126. The van der Waals surface area contributed by atoms with E-state index in [9.17, 15) is 9.59 Å². The van der Waals surface area contributed by atoms with Crippen LogP contribution in [0, 0.1) is 0 Å². The monoisotopic (exact) mass is 524 g/mol. The molecule has 38 heavy (non-hydrogen) atoms. The van der Waals surface area contributed by atoms with Crippen molar-refractivity contribution in [2.24, 2.45) is 4.99 Å². The van der Waals surface area contributed by atoms with E-state index in [4.69, 9.17) is 19.6 Å². The van der Waals surface area contributed by atoms with Crippen molar-refractivity contribution >= 4 is 51.3 Å². The van der Waals surface area contributed by atoms with Gasteiger partial charge in [-0.25, -0.2) is 9.79 Å². The molecule has 0 spiro atoms. The first-order valence-corrected chi connectivity index (χ1v) is 12.6. The highest BCUT2D eigenvalue weighted by atomic mass is 32.2. The van der Waals surface area contributed by atoms with E-state index in [0.717, 1.165) is 27.6 Å². The van der Waals surface area contributed by atoms with Crippen LogP contribution in [0.25, 0.3) is 16.8 Å². The first-order chi connectivity index (χ1) is 18.4. The fraction of sp³-hybridized carbons (Fsp3) is 0.100. The number of aromatic carboxylic acids is 1. The van der Waals surface area contributed by atoms with Crippen LogP contribution in [0.2, 0.25) is 0 Å². The van der Waals surface area contributed by atoms with E-state index >= 15 is 0 Å². The zero-order valence-corrected chi connectivity index (χ0v) is 21.6. The van der Waals surface area contributed by atoms with Gasteiger partial charge in [0.05, 0.1) is 23.3 Å². The zero-order chi connectivity index (χ0) is 26.6. The van der Waals surface area contributed by atoms with E-state index in [-0.39, 0.29) is 18.1 Å². The Bertz CT molecular complexity index is 1590. The Morgan fingerprint density at radius 2 is 1.74 bits per heavy atom. The van der Waals surface area contributed by atoms with Crippen molar-refractivity contribution in [3.05, 3.63) is 107 Å². The average molecular weight is 525 g/mol. The molecule has 0 radical (unpaired) electrons. The first-order valence-electron chi connectivity index (χ1n) is 11.8. The molecule has 1 amide bonds. The van der Waals surface area contributed by atoms with Crippen molar-refractivity contribution in [1.82, 2.24) is 4.90 Å². The van der Waals surface area contributed by atoms with Crippen molar-refractivity contribution in [3.63, 3.8) is 0 Å². The summed E-state index contributed by atoms with van der Waals surface area (Å²) in [6, 6.07) is 26.0. The van der Waals surface area contributed by atoms with Gasteiger partial charge in [0, 0.05) is 7.05 Å². The first kappa shape index (κ1) is 25.1.